The van der Waals surface area contributed by atoms with E-state index in [0.29, 0.717) is 10.5 Å². The summed E-state index contributed by atoms with van der Waals surface area (Å²) in [5, 5.41) is 7.22. The molecule has 0 fully saturated rings. The highest BCUT2D eigenvalue weighted by Crippen LogP contribution is 2.32. The number of aryl methyl sites for hydroxylation is 1. The number of nitrogens with two attached hydrogens (primary N) is 1. The number of nitrogens with one attached hydrogen (secondary N) is 1. The Hall–Kier alpha value is -1.75. The SMILES string of the molecule is Cc1occc1Sc1ccc(C(=N)N)cc1F. The lowest BCUT2D eigenvalue weighted by molar-refractivity contribution is 0.527. The first-order chi connectivity index (χ1) is 8.08. The molecule has 0 amide bonds. The molecular weight excluding hydrogens is 239 g/mol. The standard InChI is InChI=1S/C12H11FN2OS/c1-7-10(4-5-16-7)17-11-3-2-8(12(14)15)6-9(11)13/h2-6H,1H3,(H3,14,15). The Balaban J connectivity index is 2.29. The van der Waals surface area contributed by atoms with E-state index in [0.717, 1.165) is 10.7 Å². The molecule has 1 aromatic carbocycles. The number of furan rings is 1. The van der Waals surface area contributed by atoms with Gasteiger partial charge in [0.1, 0.15) is 17.4 Å². The van der Waals surface area contributed by atoms with Gasteiger partial charge >= 0.3 is 0 Å². The molecule has 0 saturated heterocycles. The topological polar surface area (TPSA) is 63.0 Å². The van der Waals surface area contributed by atoms with Crippen LogP contribution in [0.15, 0.2) is 44.7 Å². The molecule has 88 valence electrons. The Bertz CT molecular complexity index is 565. The molecule has 0 bridgehead atoms. The van der Waals surface area contributed by atoms with Crippen molar-refractivity contribution in [2.75, 3.05) is 0 Å². The average Bonchev–Trinajstić information content (AvgIpc) is 2.67. The van der Waals surface area contributed by atoms with Crippen LogP contribution >= 0.6 is 11.8 Å². The van der Waals surface area contributed by atoms with Gasteiger partial charge in [0.2, 0.25) is 0 Å². The van der Waals surface area contributed by atoms with Crippen LogP contribution < -0.4 is 5.73 Å². The number of halogens is 1. The van der Waals surface area contributed by atoms with Crippen LogP contribution in [0.4, 0.5) is 4.39 Å². The van der Waals surface area contributed by atoms with Crippen molar-refractivity contribution in [2.24, 2.45) is 5.73 Å². The van der Waals surface area contributed by atoms with Gasteiger partial charge in [-0.05, 0) is 31.2 Å². The Morgan fingerprint density at radius 3 is 2.65 bits per heavy atom. The zero-order chi connectivity index (χ0) is 12.4. The lowest BCUT2D eigenvalue weighted by atomic mass is 10.2. The van der Waals surface area contributed by atoms with Crippen molar-refractivity contribution in [3.63, 3.8) is 0 Å². The summed E-state index contributed by atoms with van der Waals surface area (Å²) in [7, 11) is 0. The van der Waals surface area contributed by atoms with E-state index < -0.39 is 0 Å². The molecule has 2 rings (SSSR count). The molecule has 5 heteroatoms. The van der Waals surface area contributed by atoms with E-state index in [1.807, 2.05) is 6.92 Å². The highest BCUT2D eigenvalue weighted by Gasteiger charge is 2.09. The van der Waals surface area contributed by atoms with Crippen LogP contribution in [0.2, 0.25) is 0 Å². The number of hydrogen-bond donors (Lipinski definition) is 2. The van der Waals surface area contributed by atoms with E-state index in [1.165, 1.54) is 17.8 Å². The van der Waals surface area contributed by atoms with Gasteiger partial charge in [0.05, 0.1) is 11.2 Å². The maximum absolute atomic E-state index is 13.7. The normalized spacial score (nSPS) is 10.5. The van der Waals surface area contributed by atoms with Crippen LogP contribution in [0.5, 0.6) is 0 Å². The molecule has 0 radical (unpaired) electrons. The summed E-state index contributed by atoms with van der Waals surface area (Å²) < 4.78 is 18.9. The Morgan fingerprint density at radius 2 is 2.12 bits per heavy atom. The second kappa shape index (κ2) is 4.63. The summed E-state index contributed by atoms with van der Waals surface area (Å²) >= 11 is 1.29. The van der Waals surface area contributed by atoms with Gasteiger partial charge < -0.3 is 10.2 Å². The largest absolute Gasteiger partial charge is 0.468 e. The molecular formula is C12H11FN2OS. The molecule has 0 aliphatic heterocycles. The molecule has 1 heterocycles. The minimum Gasteiger partial charge on any atom is -0.468 e. The van der Waals surface area contributed by atoms with Crippen molar-refractivity contribution in [1.82, 2.24) is 0 Å². The summed E-state index contributed by atoms with van der Waals surface area (Å²) in [5.41, 5.74) is 5.67. The summed E-state index contributed by atoms with van der Waals surface area (Å²) in [6.45, 7) is 1.82. The van der Waals surface area contributed by atoms with E-state index in [9.17, 15) is 4.39 Å². The molecule has 2 aromatic rings. The molecule has 1 aromatic heterocycles. The second-order valence-corrected chi connectivity index (χ2v) is 4.59. The van der Waals surface area contributed by atoms with Gasteiger partial charge in [0.25, 0.3) is 0 Å². The van der Waals surface area contributed by atoms with E-state index in [1.54, 1.807) is 24.5 Å². The Labute approximate surface area is 102 Å². The van der Waals surface area contributed by atoms with Crippen LogP contribution in [-0.4, -0.2) is 5.84 Å². The van der Waals surface area contributed by atoms with Crippen LogP contribution in [0.25, 0.3) is 0 Å². The fraction of sp³-hybridized carbons (Fsp3) is 0.0833. The number of hydrogen-bond acceptors (Lipinski definition) is 3. The van der Waals surface area contributed by atoms with E-state index in [4.69, 9.17) is 15.6 Å². The molecule has 3 N–H and O–H groups in total. The highest BCUT2D eigenvalue weighted by atomic mass is 32.2. The van der Waals surface area contributed by atoms with Gasteiger partial charge in [-0.1, -0.05) is 11.8 Å². The third-order valence-electron chi connectivity index (χ3n) is 2.27. The smallest absolute Gasteiger partial charge is 0.137 e. The first-order valence-corrected chi connectivity index (χ1v) is 5.75. The average molecular weight is 250 g/mol. The van der Waals surface area contributed by atoms with E-state index in [-0.39, 0.29) is 11.7 Å². The molecule has 17 heavy (non-hydrogen) atoms. The van der Waals surface area contributed by atoms with Crippen LogP contribution in [-0.2, 0) is 0 Å². The number of amidine groups is 1. The van der Waals surface area contributed by atoms with Gasteiger partial charge in [0.15, 0.2) is 0 Å². The lowest BCUT2D eigenvalue weighted by Crippen LogP contribution is -2.11. The van der Waals surface area contributed by atoms with Crippen molar-refractivity contribution >= 4 is 17.6 Å². The highest BCUT2D eigenvalue weighted by molar-refractivity contribution is 7.99. The van der Waals surface area contributed by atoms with Gasteiger partial charge in [-0.25, -0.2) is 4.39 Å². The first-order valence-electron chi connectivity index (χ1n) is 4.94. The van der Waals surface area contributed by atoms with Crippen LogP contribution in [0, 0.1) is 18.2 Å². The fourth-order valence-corrected chi connectivity index (χ4v) is 2.19. The Kier molecular flexibility index (Phi) is 3.19. The molecule has 0 unspecified atom stereocenters. The van der Waals surface area contributed by atoms with Gasteiger partial charge in [-0.2, -0.15) is 0 Å². The molecule has 0 atom stereocenters. The minimum absolute atomic E-state index is 0.139. The predicted molar refractivity (Wildman–Crippen MR) is 65.0 cm³/mol. The zero-order valence-corrected chi connectivity index (χ0v) is 9.98. The number of benzene rings is 1. The molecule has 3 nitrogen and oxygen atoms in total. The van der Waals surface area contributed by atoms with Gasteiger partial charge in [-0.3, -0.25) is 5.41 Å². The van der Waals surface area contributed by atoms with Crippen molar-refractivity contribution in [1.29, 1.82) is 5.41 Å². The van der Waals surface area contributed by atoms with Gasteiger partial charge in [0, 0.05) is 10.5 Å². The van der Waals surface area contributed by atoms with E-state index >= 15 is 0 Å². The summed E-state index contributed by atoms with van der Waals surface area (Å²) in [6.07, 6.45) is 1.57. The monoisotopic (exact) mass is 250 g/mol. The maximum atomic E-state index is 13.7. The maximum Gasteiger partial charge on any atom is 0.137 e. The van der Waals surface area contributed by atoms with Crippen LogP contribution in [0.1, 0.15) is 11.3 Å². The molecule has 0 saturated carbocycles. The van der Waals surface area contributed by atoms with Crippen molar-refractivity contribution in [3.05, 3.63) is 47.7 Å². The third kappa shape index (κ3) is 2.50. The van der Waals surface area contributed by atoms with Gasteiger partial charge in [-0.15, -0.1) is 0 Å². The lowest BCUT2D eigenvalue weighted by Gasteiger charge is -2.04. The fourth-order valence-electron chi connectivity index (χ4n) is 1.35. The van der Waals surface area contributed by atoms with Crippen molar-refractivity contribution in [2.45, 2.75) is 16.7 Å². The van der Waals surface area contributed by atoms with Crippen molar-refractivity contribution < 1.29 is 8.81 Å². The van der Waals surface area contributed by atoms with Crippen LogP contribution in [0.3, 0.4) is 0 Å². The summed E-state index contributed by atoms with van der Waals surface area (Å²) in [5.74, 6) is 0.230. The summed E-state index contributed by atoms with van der Waals surface area (Å²) in [6, 6.07) is 6.30. The predicted octanol–water partition coefficient (Wildman–Crippen LogP) is 3.16. The number of nitrogen functional groups attached to an aromatic ring is 1. The molecule has 0 aliphatic rings. The third-order valence-corrected chi connectivity index (χ3v) is 3.47. The molecule has 0 spiro atoms. The Morgan fingerprint density at radius 1 is 1.35 bits per heavy atom. The number of rotatable bonds is 3. The minimum atomic E-state index is -0.386. The molecule has 0 aliphatic carbocycles. The quantitative estimate of drug-likeness (QED) is 0.649. The summed E-state index contributed by atoms with van der Waals surface area (Å²) in [4.78, 5) is 1.36. The van der Waals surface area contributed by atoms with Crippen molar-refractivity contribution in [3.8, 4) is 0 Å². The second-order valence-electron chi connectivity index (χ2n) is 3.50. The van der Waals surface area contributed by atoms with E-state index in [2.05, 4.69) is 0 Å². The zero-order valence-electron chi connectivity index (χ0n) is 9.16. The first kappa shape index (κ1) is 11.7.